The van der Waals surface area contributed by atoms with Crippen molar-refractivity contribution < 1.29 is 4.39 Å². The van der Waals surface area contributed by atoms with Gasteiger partial charge < -0.3 is 0 Å². The molecule has 0 aliphatic rings. The van der Waals surface area contributed by atoms with Crippen LogP contribution in [0.25, 0.3) is 0 Å². The normalized spacial score (nSPS) is 12.9. The zero-order chi connectivity index (χ0) is 8.10. The zero-order valence-corrected chi connectivity index (χ0v) is 6.63. The van der Waals surface area contributed by atoms with Crippen molar-refractivity contribution >= 4 is 0 Å². The van der Waals surface area contributed by atoms with E-state index in [0.29, 0.717) is 6.42 Å². The Kier molecular flexibility index (Phi) is 3.02. The van der Waals surface area contributed by atoms with Gasteiger partial charge in [-0.15, -0.1) is 0 Å². The quantitative estimate of drug-likeness (QED) is 0.650. The molecule has 0 fully saturated rings. The molecule has 0 amide bonds. The van der Waals surface area contributed by atoms with E-state index in [1.54, 1.807) is 24.5 Å². The largest absolute Gasteiger partial charge is 0.265 e. The molecule has 0 radical (unpaired) electrons. The number of halogens is 1. The zero-order valence-electron chi connectivity index (χ0n) is 6.63. The molecule has 1 aromatic rings. The fourth-order valence-electron chi connectivity index (χ4n) is 0.992. The summed E-state index contributed by atoms with van der Waals surface area (Å²) >= 11 is 0. The van der Waals surface area contributed by atoms with E-state index in [9.17, 15) is 4.39 Å². The minimum absolute atomic E-state index is 0.601. The standard InChI is InChI=1S/C9H12FN/c1-2-3-9(10)8-4-6-11-7-5-8/h4-7,9H,2-3H2,1H3. The summed E-state index contributed by atoms with van der Waals surface area (Å²) in [6, 6.07) is 3.45. The molecule has 0 aromatic carbocycles. The first-order valence-corrected chi connectivity index (χ1v) is 3.88. The molecule has 11 heavy (non-hydrogen) atoms. The maximum Gasteiger partial charge on any atom is 0.125 e. The van der Waals surface area contributed by atoms with Crippen molar-refractivity contribution in [3.05, 3.63) is 30.1 Å². The summed E-state index contributed by atoms with van der Waals surface area (Å²) in [4.78, 5) is 3.82. The molecule has 60 valence electrons. The first kappa shape index (κ1) is 8.18. The molecule has 1 aromatic heterocycles. The van der Waals surface area contributed by atoms with Gasteiger partial charge in [-0.1, -0.05) is 13.3 Å². The fraction of sp³-hybridized carbons (Fsp3) is 0.444. The molecule has 1 nitrogen and oxygen atoms in total. The second-order valence-electron chi connectivity index (χ2n) is 2.54. The highest BCUT2D eigenvalue weighted by molar-refractivity contribution is 5.12. The van der Waals surface area contributed by atoms with Crippen LogP contribution in [0.15, 0.2) is 24.5 Å². The lowest BCUT2D eigenvalue weighted by molar-refractivity contribution is 0.321. The van der Waals surface area contributed by atoms with Crippen LogP contribution in [-0.2, 0) is 0 Å². The highest BCUT2D eigenvalue weighted by Gasteiger charge is 2.06. The van der Waals surface area contributed by atoms with E-state index in [-0.39, 0.29) is 0 Å². The average Bonchev–Trinajstić information content (AvgIpc) is 2.07. The highest BCUT2D eigenvalue weighted by atomic mass is 19.1. The van der Waals surface area contributed by atoms with E-state index in [0.717, 1.165) is 12.0 Å². The Balaban J connectivity index is 2.61. The second-order valence-corrected chi connectivity index (χ2v) is 2.54. The Morgan fingerprint density at radius 3 is 2.64 bits per heavy atom. The van der Waals surface area contributed by atoms with Crippen LogP contribution in [0.2, 0.25) is 0 Å². The lowest BCUT2D eigenvalue weighted by Crippen LogP contribution is -1.90. The third kappa shape index (κ3) is 2.30. The van der Waals surface area contributed by atoms with Gasteiger partial charge >= 0.3 is 0 Å². The molecule has 0 N–H and O–H groups in total. The number of rotatable bonds is 3. The Morgan fingerprint density at radius 2 is 2.09 bits per heavy atom. The second kappa shape index (κ2) is 4.06. The van der Waals surface area contributed by atoms with Crippen molar-refractivity contribution in [1.82, 2.24) is 4.98 Å². The number of pyridine rings is 1. The third-order valence-electron chi connectivity index (χ3n) is 1.61. The van der Waals surface area contributed by atoms with Crippen molar-refractivity contribution in [3.63, 3.8) is 0 Å². The van der Waals surface area contributed by atoms with Crippen LogP contribution in [0.5, 0.6) is 0 Å². The van der Waals surface area contributed by atoms with Crippen molar-refractivity contribution in [1.29, 1.82) is 0 Å². The molecular formula is C9H12FN. The number of nitrogens with zero attached hydrogens (tertiary/aromatic N) is 1. The van der Waals surface area contributed by atoms with Gasteiger partial charge in [-0.25, -0.2) is 4.39 Å². The molecule has 1 unspecified atom stereocenters. The lowest BCUT2D eigenvalue weighted by atomic mass is 10.1. The predicted octanol–water partition coefficient (Wildman–Crippen LogP) is 2.89. The summed E-state index contributed by atoms with van der Waals surface area (Å²) in [6.07, 6.45) is 3.91. The molecule has 0 saturated carbocycles. The molecule has 1 rings (SSSR count). The number of alkyl halides is 1. The summed E-state index contributed by atoms with van der Waals surface area (Å²) < 4.78 is 13.1. The van der Waals surface area contributed by atoms with Crippen LogP contribution in [0.1, 0.15) is 31.5 Å². The molecule has 0 bridgehead atoms. The Hall–Kier alpha value is -0.920. The van der Waals surface area contributed by atoms with Gasteiger partial charge in [0.15, 0.2) is 0 Å². The Bertz CT molecular complexity index is 198. The molecule has 0 saturated heterocycles. The molecule has 1 atom stereocenters. The van der Waals surface area contributed by atoms with Crippen LogP contribution in [0.4, 0.5) is 4.39 Å². The van der Waals surface area contributed by atoms with E-state index in [1.165, 1.54) is 0 Å². The molecule has 0 spiro atoms. The van der Waals surface area contributed by atoms with E-state index in [2.05, 4.69) is 4.98 Å². The molecular weight excluding hydrogens is 141 g/mol. The van der Waals surface area contributed by atoms with Crippen molar-refractivity contribution in [2.75, 3.05) is 0 Å². The fourth-order valence-corrected chi connectivity index (χ4v) is 0.992. The van der Waals surface area contributed by atoms with Crippen molar-refractivity contribution in [2.45, 2.75) is 25.9 Å². The summed E-state index contributed by atoms with van der Waals surface area (Å²) in [7, 11) is 0. The van der Waals surface area contributed by atoms with Gasteiger partial charge in [0.1, 0.15) is 6.17 Å². The smallest absolute Gasteiger partial charge is 0.125 e. The van der Waals surface area contributed by atoms with Crippen molar-refractivity contribution in [3.8, 4) is 0 Å². The molecule has 1 heterocycles. The van der Waals surface area contributed by atoms with Gasteiger partial charge in [0.05, 0.1) is 0 Å². The van der Waals surface area contributed by atoms with E-state index >= 15 is 0 Å². The van der Waals surface area contributed by atoms with Gasteiger partial charge in [-0.3, -0.25) is 4.98 Å². The summed E-state index contributed by atoms with van der Waals surface area (Å²) in [5.41, 5.74) is 0.738. The van der Waals surface area contributed by atoms with Crippen molar-refractivity contribution in [2.24, 2.45) is 0 Å². The van der Waals surface area contributed by atoms with Crippen LogP contribution in [0.3, 0.4) is 0 Å². The first-order chi connectivity index (χ1) is 5.34. The third-order valence-corrected chi connectivity index (χ3v) is 1.61. The average molecular weight is 153 g/mol. The maximum atomic E-state index is 13.1. The minimum Gasteiger partial charge on any atom is -0.265 e. The highest BCUT2D eigenvalue weighted by Crippen LogP contribution is 2.20. The van der Waals surface area contributed by atoms with Crippen LogP contribution in [-0.4, -0.2) is 4.98 Å². The number of hydrogen-bond acceptors (Lipinski definition) is 1. The van der Waals surface area contributed by atoms with Gasteiger partial charge in [-0.2, -0.15) is 0 Å². The molecule has 0 aliphatic heterocycles. The first-order valence-electron chi connectivity index (χ1n) is 3.88. The van der Waals surface area contributed by atoms with Gasteiger partial charge in [-0.05, 0) is 24.1 Å². The molecule has 2 heteroatoms. The number of hydrogen-bond donors (Lipinski definition) is 0. The molecule has 0 aliphatic carbocycles. The van der Waals surface area contributed by atoms with Gasteiger partial charge in [0.2, 0.25) is 0 Å². The van der Waals surface area contributed by atoms with Gasteiger partial charge in [0, 0.05) is 12.4 Å². The maximum absolute atomic E-state index is 13.1. The topological polar surface area (TPSA) is 12.9 Å². The van der Waals surface area contributed by atoms with E-state index in [4.69, 9.17) is 0 Å². The number of aromatic nitrogens is 1. The lowest BCUT2D eigenvalue weighted by Gasteiger charge is -2.04. The van der Waals surface area contributed by atoms with E-state index < -0.39 is 6.17 Å². The van der Waals surface area contributed by atoms with E-state index in [1.807, 2.05) is 6.92 Å². The summed E-state index contributed by atoms with van der Waals surface area (Å²) in [6.45, 7) is 1.98. The minimum atomic E-state index is -0.817. The Labute approximate surface area is 66.3 Å². The van der Waals surface area contributed by atoms with Crippen LogP contribution >= 0.6 is 0 Å². The Morgan fingerprint density at radius 1 is 1.45 bits per heavy atom. The SMILES string of the molecule is CCCC(F)c1ccncc1. The van der Waals surface area contributed by atoms with Crippen LogP contribution in [0, 0.1) is 0 Å². The monoisotopic (exact) mass is 153 g/mol. The predicted molar refractivity (Wildman–Crippen MR) is 43.0 cm³/mol. The summed E-state index contributed by atoms with van der Waals surface area (Å²) in [5, 5.41) is 0. The summed E-state index contributed by atoms with van der Waals surface area (Å²) in [5.74, 6) is 0. The van der Waals surface area contributed by atoms with Gasteiger partial charge in [0.25, 0.3) is 0 Å². The van der Waals surface area contributed by atoms with Crippen LogP contribution < -0.4 is 0 Å².